The summed E-state index contributed by atoms with van der Waals surface area (Å²) in [6.45, 7) is 5.10. The van der Waals surface area contributed by atoms with Gasteiger partial charge in [-0.3, -0.25) is 4.79 Å². The third-order valence-electron chi connectivity index (χ3n) is 5.38. The van der Waals surface area contributed by atoms with Crippen LogP contribution in [0.3, 0.4) is 0 Å². The Bertz CT molecular complexity index is 1030. The number of amides is 1. The zero-order chi connectivity index (χ0) is 19.8. The first kappa shape index (κ1) is 18.3. The Kier molecular flexibility index (Phi) is 4.70. The van der Waals surface area contributed by atoms with Crippen LogP contribution in [0.15, 0.2) is 30.3 Å². The number of hydrogen-bond acceptors (Lipinski definition) is 5. The van der Waals surface area contributed by atoms with Crippen molar-refractivity contribution in [3.05, 3.63) is 53.1 Å². The number of aryl methyl sites for hydroxylation is 3. The monoisotopic (exact) mass is 382 g/mol. The fourth-order valence-electron chi connectivity index (χ4n) is 3.44. The van der Waals surface area contributed by atoms with Crippen molar-refractivity contribution in [3.63, 3.8) is 0 Å². The molecule has 4 rings (SSSR count). The summed E-state index contributed by atoms with van der Waals surface area (Å²) in [6, 6.07) is 9.01. The molecule has 0 N–H and O–H groups in total. The van der Waals surface area contributed by atoms with E-state index in [0.717, 1.165) is 35.9 Å². The van der Waals surface area contributed by atoms with E-state index >= 15 is 0 Å². The Morgan fingerprint density at radius 1 is 1.21 bits per heavy atom. The number of anilines is 1. The second-order valence-corrected chi connectivity index (χ2v) is 7.36. The van der Waals surface area contributed by atoms with Crippen molar-refractivity contribution in [2.75, 3.05) is 25.0 Å². The predicted octanol–water partition coefficient (Wildman–Crippen LogP) is 2.16. The van der Waals surface area contributed by atoms with E-state index in [4.69, 9.17) is 0 Å². The van der Waals surface area contributed by atoms with Crippen LogP contribution in [0.25, 0.3) is 5.65 Å². The number of benzene rings is 1. The van der Waals surface area contributed by atoms with Crippen molar-refractivity contribution < 1.29 is 9.18 Å². The molecule has 3 aromatic rings. The van der Waals surface area contributed by atoms with Crippen molar-refractivity contribution in [3.8, 4) is 0 Å². The molecule has 1 aromatic carbocycles. The quantitative estimate of drug-likeness (QED) is 0.677. The topological polar surface area (TPSA) is 66.6 Å². The number of halogens is 1. The van der Waals surface area contributed by atoms with Crippen molar-refractivity contribution in [1.82, 2.24) is 24.7 Å². The smallest absolute Gasteiger partial charge is 0.223 e. The molecular formula is C20H23FN6O. The largest absolute Gasteiger partial charge is 0.351 e. The van der Waals surface area contributed by atoms with Crippen LogP contribution >= 0.6 is 0 Å². The fraction of sp³-hybridized carbons (Fsp3) is 0.400. The van der Waals surface area contributed by atoms with Gasteiger partial charge in [-0.05, 0) is 49.6 Å². The molecule has 8 heteroatoms. The molecule has 0 spiro atoms. The van der Waals surface area contributed by atoms with E-state index in [-0.39, 0.29) is 17.8 Å². The van der Waals surface area contributed by atoms with Crippen LogP contribution in [0, 0.1) is 19.7 Å². The van der Waals surface area contributed by atoms with Crippen LogP contribution in [0.2, 0.25) is 0 Å². The van der Waals surface area contributed by atoms with E-state index in [0.29, 0.717) is 18.4 Å². The lowest BCUT2D eigenvalue weighted by atomic mass is 10.0. The van der Waals surface area contributed by atoms with Gasteiger partial charge in [-0.2, -0.15) is 4.52 Å². The molecule has 28 heavy (non-hydrogen) atoms. The van der Waals surface area contributed by atoms with E-state index in [1.807, 2.05) is 37.1 Å². The molecule has 0 atom stereocenters. The highest BCUT2D eigenvalue weighted by Gasteiger charge is 2.33. The molecule has 0 saturated carbocycles. The van der Waals surface area contributed by atoms with Crippen LogP contribution < -0.4 is 4.90 Å². The van der Waals surface area contributed by atoms with Crippen LogP contribution in [0.4, 0.5) is 10.2 Å². The van der Waals surface area contributed by atoms with Crippen LogP contribution in [-0.4, -0.2) is 56.8 Å². The summed E-state index contributed by atoms with van der Waals surface area (Å²) in [6.07, 6.45) is 1.04. The van der Waals surface area contributed by atoms with E-state index in [1.165, 1.54) is 6.07 Å². The van der Waals surface area contributed by atoms with Crippen LogP contribution in [-0.2, 0) is 11.2 Å². The molecule has 2 aromatic heterocycles. The highest BCUT2D eigenvalue weighted by atomic mass is 19.1. The summed E-state index contributed by atoms with van der Waals surface area (Å²) < 4.78 is 15.1. The number of fused-ring (bicyclic) bond motifs is 1. The van der Waals surface area contributed by atoms with Gasteiger partial charge in [-0.1, -0.05) is 12.1 Å². The van der Waals surface area contributed by atoms with Gasteiger partial charge in [0, 0.05) is 26.6 Å². The molecule has 1 saturated heterocycles. The summed E-state index contributed by atoms with van der Waals surface area (Å²) in [4.78, 5) is 16.5. The van der Waals surface area contributed by atoms with Gasteiger partial charge in [0.25, 0.3) is 0 Å². The van der Waals surface area contributed by atoms with Crippen molar-refractivity contribution in [1.29, 1.82) is 0 Å². The lowest BCUT2D eigenvalue weighted by molar-refractivity contribution is -0.132. The second-order valence-electron chi connectivity index (χ2n) is 7.36. The summed E-state index contributed by atoms with van der Waals surface area (Å²) in [5.41, 5.74) is 2.32. The van der Waals surface area contributed by atoms with E-state index in [2.05, 4.69) is 20.2 Å². The minimum Gasteiger partial charge on any atom is -0.351 e. The maximum atomic E-state index is 13.4. The molecule has 1 aliphatic heterocycles. The standard InChI is InChI=1S/C20H23FN6O/c1-13-10-15(4-6-17(13)21)5-9-20(28)25(3)16-11-26(12-16)19-8-7-18-23-22-14(2)27(18)24-19/h4,6-8,10,16H,5,9,11-12H2,1-3H3. The summed E-state index contributed by atoms with van der Waals surface area (Å²) >= 11 is 0. The Morgan fingerprint density at radius 3 is 2.75 bits per heavy atom. The Hall–Kier alpha value is -3.03. The first-order chi connectivity index (χ1) is 13.4. The van der Waals surface area contributed by atoms with Gasteiger partial charge in [0.05, 0.1) is 6.04 Å². The average Bonchev–Trinajstić information content (AvgIpc) is 3.02. The minimum atomic E-state index is -0.213. The Labute approximate surface area is 162 Å². The van der Waals surface area contributed by atoms with Crippen molar-refractivity contribution in [2.45, 2.75) is 32.7 Å². The maximum Gasteiger partial charge on any atom is 0.223 e. The first-order valence-corrected chi connectivity index (χ1v) is 9.37. The van der Waals surface area contributed by atoms with Crippen LogP contribution in [0.5, 0.6) is 0 Å². The Balaban J connectivity index is 1.32. The molecule has 0 bridgehead atoms. The number of carbonyl (C=O) groups is 1. The van der Waals surface area contributed by atoms with Gasteiger partial charge in [-0.15, -0.1) is 15.3 Å². The number of aromatic nitrogens is 4. The zero-order valence-corrected chi connectivity index (χ0v) is 16.3. The fourth-order valence-corrected chi connectivity index (χ4v) is 3.44. The van der Waals surface area contributed by atoms with Crippen molar-refractivity contribution >= 4 is 17.4 Å². The van der Waals surface area contributed by atoms with Crippen LogP contribution in [0.1, 0.15) is 23.4 Å². The molecule has 1 amide bonds. The van der Waals surface area contributed by atoms with Gasteiger partial charge >= 0.3 is 0 Å². The highest BCUT2D eigenvalue weighted by Crippen LogP contribution is 2.22. The molecule has 1 aliphatic rings. The number of hydrogen-bond donors (Lipinski definition) is 0. The summed E-state index contributed by atoms with van der Waals surface area (Å²) in [5, 5.41) is 12.6. The second kappa shape index (κ2) is 7.18. The Morgan fingerprint density at radius 2 is 2.00 bits per heavy atom. The lowest BCUT2D eigenvalue weighted by Gasteiger charge is -2.44. The van der Waals surface area contributed by atoms with E-state index in [1.54, 1.807) is 17.5 Å². The third kappa shape index (κ3) is 3.42. The third-order valence-corrected chi connectivity index (χ3v) is 5.38. The average molecular weight is 382 g/mol. The zero-order valence-electron chi connectivity index (χ0n) is 16.3. The summed E-state index contributed by atoms with van der Waals surface area (Å²) in [7, 11) is 1.85. The molecule has 0 unspecified atom stereocenters. The van der Waals surface area contributed by atoms with Gasteiger partial charge in [0.2, 0.25) is 5.91 Å². The van der Waals surface area contributed by atoms with Gasteiger partial charge in [0.15, 0.2) is 11.5 Å². The van der Waals surface area contributed by atoms with E-state index < -0.39 is 0 Å². The predicted molar refractivity (Wildman–Crippen MR) is 104 cm³/mol. The van der Waals surface area contributed by atoms with E-state index in [9.17, 15) is 9.18 Å². The van der Waals surface area contributed by atoms with Crippen molar-refractivity contribution in [2.24, 2.45) is 0 Å². The summed E-state index contributed by atoms with van der Waals surface area (Å²) in [5.74, 6) is 1.49. The maximum absolute atomic E-state index is 13.4. The molecule has 7 nitrogen and oxygen atoms in total. The lowest BCUT2D eigenvalue weighted by Crippen LogP contribution is -2.60. The molecular weight excluding hydrogens is 359 g/mol. The van der Waals surface area contributed by atoms with Gasteiger partial charge in [-0.25, -0.2) is 4.39 Å². The van der Waals surface area contributed by atoms with Gasteiger partial charge < -0.3 is 9.80 Å². The molecule has 3 heterocycles. The number of rotatable bonds is 5. The molecule has 0 aliphatic carbocycles. The SMILES string of the molecule is Cc1cc(CCC(=O)N(C)C2CN(c3ccc4nnc(C)n4n3)C2)ccc1F. The number of carbonyl (C=O) groups excluding carboxylic acids is 1. The number of likely N-dealkylation sites (N-methyl/N-ethyl adjacent to an activating group) is 1. The molecule has 1 fully saturated rings. The highest BCUT2D eigenvalue weighted by molar-refractivity contribution is 5.77. The molecule has 0 radical (unpaired) electrons. The minimum absolute atomic E-state index is 0.102. The number of nitrogens with zero attached hydrogens (tertiary/aromatic N) is 6. The first-order valence-electron chi connectivity index (χ1n) is 9.37. The van der Waals surface area contributed by atoms with Gasteiger partial charge in [0.1, 0.15) is 11.6 Å². The molecule has 146 valence electrons. The normalized spacial score (nSPS) is 14.4.